The van der Waals surface area contributed by atoms with Gasteiger partial charge in [-0.25, -0.2) is 4.79 Å². The molecule has 0 radical (unpaired) electrons. The molecule has 0 atom stereocenters. The number of amides is 1. The zero-order chi connectivity index (χ0) is 30.0. The summed E-state index contributed by atoms with van der Waals surface area (Å²) in [6.07, 6.45) is 4.90. The Kier molecular flexibility index (Phi) is 7.84. The molecule has 1 aromatic heterocycles. The molecular weight excluding hydrogens is 544 g/mol. The van der Waals surface area contributed by atoms with Crippen molar-refractivity contribution in [2.45, 2.75) is 45.4 Å². The van der Waals surface area contributed by atoms with Crippen LogP contribution in [0.2, 0.25) is 0 Å². The van der Waals surface area contributed by atoms with Crippen molar-refractivity contribution in [3.05, 3.63) is 89.6 Å². The summed E-state index contributed by atoms with van der Waals surface area (Å²) in [4.78, 5) is 45.0. The maximum atomic E-state index is 13.2. The normalized spacial score (nSPS) is 15.3. The number of nitrogens with zero attached hydrogens (tertiary/aromatic N) is 2. The van der Waals surface area contributed by atoms with Crippen LogP contribution in [0.25, 0.3) is 10.9 Å². The second kappa shape index (κ2) is 11.9. The summed E-state index contributed by atoms with van der Waals surface area (Å²) in [5.74, 6) is 1.84. The lowest BCUT2D eigenvalue weighted by Gasteiger charge is -2.17. The molecule has 1 amide bonds. The number of hydrogen-bond acceptors (Lipinski definition) is 7. The summed E-state index contributed by atoms with van der Waals surface area (Å²) >= 11 is 0. The molecule has 1 aliphatic heterocycles. The Labute approximate surface area is 250 Å². The van der Waals surface area contributed by atoms with Gasteiger partial charge >= 0.3 is 6.09 Å². The SMILES string of the molecule is COc1cc2c(Oc3ccc(CC(=O)C4(C(=O)Cc5ccc(C)cc5)CC4)cc3)ccnc2cc1OC(=O)N1CCCC1. The number of likely N-dealkylation sites (tertiary alicyclic amines) is 1. The largest absolute Gasteiger partial charge is 0.493 e. The second-order valence-corrected chi connectivity index (χ2v) is 11.4. The molecule has 6 rings (SSSR count). The number of benzene rings is 3. The van der Waals surface area contributed by atoms with Crippen molar-refractivity contribution in [3.63, 3.8) is 0 Å². The van der Waals surface area contributed by atoms with Crippen molar-refractivity contribution in [1.29, 1.82) is 0 Å². The number of carbonyl (C=O) groups excluding carboxylic acids is 3. The Balaban J connectivity index is 1.13. The summed E-state index contributed by atoms with van der Waals surface area (Å²) in [6.45, 7) is 3.38. The Bertz CT molecular complexity index is 1670. The molecule has 3 aromatic carbocycles. The van der Waals surface area contributed by atoms with Crippen LogP contribution >= 0.6 is 0 Å². The minimum atomic E-state index is -0.850. The fourth-order valence-electron chi connectivity index (χ4n) is 5.57. The lowest BCUT2D eigenvalue weighted by molar-refractivity contribution is -0.133. The van der Waals surface area contributed by atoms with Crippen LogP contribution in [0, 0.1) is 12.3 Å². The molecule has 43 heavy (non-hydrogen) atoms. The highest BCUT2D eigenvalue weighted by molar-refractivity contribution is 6.11. The molecule has 0 bridgehead atoms. The summed E-state index contributed by atoms with van der Waals surface area (Å²) in [6, 6.07) is 20.4. The molecule has 8 heteroatoms. The predicted molar refractivity (Wildman–Crippen MR) is 162 cm³/mol. The number of fused-ring (bicyclic) bond motifs is 1. The molecule has 1 saturated heterocycles. The molecule has 2 aliphatic rings. The van der Waals surface area contributed by atoms with Gasteiger partial charge in [-0.1, -0.05) is 42.0 Å². The zero-order valence-corrected chi connectivity index (χ0v) is 24.4. The van der Waals surface area contributed by atoms with Crippen LogP contribution in [-0.2, 0) is 22.4 Å². The first-order valence-electron chi connectivity index (χ1n) is 14.7. The summed E-state index contributed by atoms with van der Waals surface area (Å²) in [5.41, 5.74) is 2.66. The molecule has 1 aliphatic carbocycles. The number of ketones is 2. The van der Waals surface area contributed by atoms with Gasteiger partial charge in [0.15, 0.2) is 23.1 Å². The van der Waals surface area contributed by atoms with Gasteiger partial charge in [0.05, 0.1) is 18.0 Å². The van der Waals surface area contributed by atoms with Crippen molar-refractivity contribution in [1.82, 2.24) is 9.88 Å². The standard InChI is InChI=1S/C35H34N2O6/c1-23-5-7-24(8-6-23)19-32(38)35(14-15-35)33(39)20-25-9-11-26(12-10-25)42-29-13-16-36-28-22-31(30(41-2)21-27(28)29)43-34(40)37-17-3-4-18-37/h5-13,16,21-22H,3-4,14-15,17-20H2,1-2H3. The van der Waals surface area contributed by atoms with Crippen LogP contribution in [0.5, 0.6) is 23.0 Å². The molecule has 1 saturated carbocycles. The molecule has 2 heterocycles. The number of hydrogen-bond donors (Lipinski definition) is 0. The zero-order valence-electron chi connectivity index (χ0n) is 24.4. The number of rotatable bonds is 10. The molecule has 220 valence electrons. The van der Waals surface area contributed by atoms with E-state index in [1.54, 1.807) is 29.3 Å². The molecule has 0 spiro atoms. The first kappa shape index (κ1) is 28.4. The maximum absolute atomic E-state index is 13.2. The quantitative estimate of drug-likeness (QED) is 0.195. The van der Waals surface area contributed by atoms with Gasteiger partial charge in [0.25, 0.3) is 0 Å². The number of ether oxygens (including phenoxy) is 3. The Morgan fingerprint density at radius 1 is 0.814 bits per heavy atom. The molecule has 2 fully saturated rings. The Morgan fingerprint density at radius 2 is 1.44 bits per heavy atom. The third-order valence-electron chi connectivity index (χ3n) is 8.37. The van der Waals surface area contributed by atoms with E-state index in [0.29, 0.717) is 59.8 Å². The molecule has 4 aromatic rings. The van der Waals surface area contributed by atoms with Crippen LogP contribution < -0.4 is 14.2 Å². The smallest absolute Gasteiger partial charge is 0.415 e. The van der Waals surface area contributed by atoms with Crippen LogP contribution in [0.15, 0.2) is 72.9 Å². The minimum Gasteiger partial charge on any atom is -0.493 e. The van der Waals surface area contributed by atoms with E-state index in [-0.39, 0.29) is 24.4 Å². The molecular formula is C35H34N2O6. The van der Waals surface area contributed by atoms with Gasteiger partial charge in [0, 0.05) is 43.6 Å². The average Bonchev–Trinajstić information content (AvgIpc) is 3.65. The van der Waals surface area contributed by atoms with E-state index >= 15 is 0 Å². The highest BCUT2D eigenvalue weighted by atomic mass is 16.6. The van der Waals surface area contributed by atoms with Crippen molar-refractivity contribution < 1.29 is 28.6 Å². The number of aromatic nitrogens is 1. The first-order chi connectivity index (χ1) is 20.8. The van der Waals surface area contributed by atoms with Gasteiger partial charge in [-0.05, 0) is 68.0 Å². The van der Waals surface area contributed by atoms with Crippen LogP contribution in [0.3, 0.4) is 0 Å². The van der Waals surface area contributed by atoms with E-state index in [0.717, 1.165) is 29.5 Å². The van der Waals surface area contributed by atoms with E-state index < -0.39 is 11.5 Å². The third-order valence-corrected chi connectivity index (χ3v) is 8.37. The number of Topliss-reactive ketones (excluding diaryl/α,β-unsaturated/α-hetero) is 2. The van der Waals surface area contributed by atoms with E-state index in [4.69, 9.17) is 14.2 Å². The number of carbonyl (C=O) groups is 3. The molecule has 0 unspecified atom stereocenters. The van der Waals surface area contributed by atoms with Crippen molar-refractivity contribution in [3.8, 4) is 23.0 Å². The highest BCUT2D eigenvalue weighted by Gasteiger charge is 2.54. The van der Waals surface area contributed by atoms with Gasteiger partial charge in [-0.2, -0.15) is 0 Å². The number of aryl methyl sites for hydroxylation is 1. The van der Waals surface area contributed by atoms with Crippen molar-refractivity contribution in [2.75, 3.05) is 20.2 Å². The minimum absolute atomic E-state index is 0.00951. The van der Waals surface area contributed by atoms with E-state index in [9.17, 15) is 14.4 Å². The Hall–Kier alpha value is -4.72. The molecule has 0 N–H and O–H groups in total. The number of methoxy groups -OCH3 is 1. The van der Waals surface area contributed by atoms with E-state index in [1.165, 1.54) is 7.11 Å². The summed E-state index contributed by atoms with van der Waals surface area (Å²) in [7, 11) is 1.52. The Morgan fingerprint density at radius 3 is 2.05 bits per heavy atom. The van der Waals surface area contributed by atoms with Crippen LogP contribution in [-0.4, -0.2) is 47.7 Å². The van der Waals surface area contributed by atoms with Gasteiger partial charge < -0.3 is 19.1 Å². The lowest BCUT2D eigenvalue weighted by atomic mass is 9.88. The molecule has 8 nitrogen and oxygen atoms in total. The van der Waals surface area contributed by atoms with Gasteiger partial charge in [0.1, 0.15) is 11.5 Å². The number of pyridine rings is 1. The maximum Gasteiger partial charge on any atom is 0.415 e. The average molecular weight is 579 g/mol. The lowest BCUT2D eigenvalue weighted by Crippen LogP contribution is -2.30. The van der Waals surface area contributed by atoms with E-state index in [1.807, 2.05) is 55.5 Å². The summed E-state index contributed by atoms with van der Waals surface area (Å²) < 4.78 is 17.4. The van der Waals surface area contributed by atoms with Crippen LogP contribution in [0.1, 0.15) is 42.4 Å². The fourth-order valence-corrected chi connectivity index (χ4v) is 5.57. The van der Waals surface area contributed by atoms with Crippen molar-refractivity contribution in [2.24, 2.45) is 5.41 Å². The second-order valence-electron chi connectivity index (χ2n) is 11.4. The predicted octanol–water partition coefficient (Wildman–Crippen LogP) is 6.64. The fraction of sp³-hybridized carbons (Fsp3) is 0.314. The van der Waals surface area contributed by atoms with Crippen LogP contribution in [0.4, 0.5) is 4.79 Å². The van der Waals surface area contributed by atoms with Gasteiger partial charge in [0.2, 0.25) is 0 Å². The highest BCUT2D eigenvalue weighted by Crippen LogP contribution is 2.49. The first-order valence-corrected chi connectivity index (χ1v) is 14.7. The topological polar surface area (TPSA) is 95.0 Å². The van der Waals surface area contributed by atoms with Gasteiger partial charge in [-0.15, -0.1) is 0 Å². The third kappa shape index (κ3) is 6.09. The monoisotopic (exact) mass is 578 g/mol. The van der Waals surface area contributed by atoms with Crippen molar-refractivity contribution >= 4 is 28.6 Å². The van der Waals surface area contributed by atoms with Gasteiger partial charge in [-0.3, -0.25) is 14.6 Å². The van der Waals surface area contributed by atoms with E-state index in [2.05, 4.69) is 4.98 Å². The summed E-state index contributed by atoms with van der Waals surface area (Å²) in [5, 5.41) is 0.697.